The highest BCUT2D eigenvalue weighted by Crippen LogP contribution is 2.52. The van der Waals surface area contributed by atoms with Crippen molar-refractivity contribution in [3.05, 3.63) is 42.0 Å². The molecule has 112 valence electrons. The van der Waals surface area contributed by atoms with Gasteiger partial charge in [-0.25, -0.2) is 4.90 Å². The van der Waals surface area contributed by atoms with E-state index in [4.69, 9.17) is 4.74 Å². The predicted octanol–water partition coefficient (Wildman–Crippen LogP) is 1.72. The van der Waals surface area contributed by atoms with Gasteiger partial charge in [-0.15, -0.1) is 0 Å². The van der Waals surface area contributed by atoms with Gasteiger partial charge in [-0.2, -0.15) is 0 Å². The van der Waals surface area contributed by atoms with Gasteiger partial charge in [0, 0.05) is 5.56 Å². The molecule has 22 heavy (non-hydrogen) atoms. The second-order valence-corrected chi connectivity index (χ2v) is 6.25. The van der Waals surface area contributed by atoms with Gasteiger partial charge in [-0.3, -0.25) is 14.4 Å². The molecule has 3 aliphatic heterocycles. The highest BCUT2D eigenvalue weighted by atomic mass is 16.5. The van der Waals surface area contributed by atoms with Crippen LogP contribution >= 0.6 is 0 Å². The molecule has 5 nitrogen and oxygen atoms in total. The molecule has 2 amide bonds. The Morgan fingerprint density at radius 2 is 2.05 bits per heavy atom. The quantitative estimate of drug-likeness (QED) is 0.474. The SMILES string of the molecule is CC(=O)c1cccc(N2C(=O)[C@H]3[C@@H]4C=C[C@@](C)(O4)[C@@H]3C2=O)c1. The number of anilines is 1. The van der Waals surface area contributed by atoms with Crippen LogP contribution in [0.15, 0.2) is 36.4 Å². The fourth-order valence-corrected chi connectivity index (χ4v) is 3.77. The molecule has 3 aliphatic rings. The van der Waals surface area contributed by atoms with Crippen LogP contribution in [0.1, 0.15) is 24.2 Å². The van der Waals surface area contributed by atoms with Gasteiger partial charge >= 0.3 is 0 Å². The van der Waals surface area contributed by atoms with Crippen molar-refractivity contribution in [3.63, 3.8) is 0 Å². The molecule has 2 saturated heterocycles. The maximum atomic E-state index is 12.8. The van der Waals surface area contributed by atoms with Crippen LogP contribution in [-0.4, -0.2) is 29.3 Å². The third kappa shape index (κ3) is 1.54. The fourth-order valence-electron chi connectivity index (χ4n) is 3.77. The Labute approximate surface area is 127 Å². The van der Waals surface area contributed by atoms with E-state index in [1.54, 1.807) is 24.3 Å². The molecular formula is C17H15NO4. The summed E-state index contributed by atoms with van der Waals surface area (Å²) in [6.07, 6.45) is 3.41. The van der Waals surface area contributed by atoms with Crippen LogP contribution in [0.3, 0.4) is 0 Å². The van der Waals surface area contributed by atoms with Crippen LogP contribution in [0.4, 0.5) is 5.69 Å². The summed E-state index contributed by atoms with van der Waals surface area (Å²) in [6, 6.07) is 6.64. The number of Topliss-reactive ketones (excluding diaryl/α,β-unsaturated/α-hetero) is 1. The van der Waals surface area contributed by atoms with Gasteiger partial charge in [0.25, 0.3) is 0 Å². The molecule has 0 N–H and O–H groups in total. The maximum Gasteiger partial charge on any atom is 0.241 e. The van der Waals surface area contributed by atoms with Gasteiger partial charge in [-0.1, -0.05) is 24.3 Å². The first-order valence-electron chi connectivity index (χ1n) is 7.28. The third-order valence-electron chi connectivity index (χ3n) is 4.84. The summed E-state index contributed by atoms with van der Waals surface area (Å²) < 4.78 is 5.78. The Kier molecular flexibility index (Phi) is 2.52. The zero-order valence-electron chi connectivity index (χ0n) is 12.3. The minimum atomic E-state index is -0.699. The van der Waals surface area contributed by atoms with Crippen molar-refractivity contribution in [1.29, 1.82) is 0 Å². The first kappa shape index (κ1) is 13.4. The van der Waals surface area contributed by atoms with Crippen molar-refractivity contribution in [2.24, 2.45) is 11.8 Å². The highest BCUT2D eigenvalue weighted by Gasteiger charge is 2.66. The number of ketones is 1. The van der Waals surface area contributed by atoms with Crippen LogP contribution in [0, 0.1) is 11.8 Å². The minimum absolute atomic E-state index is 0.0989. The lowest BCUT2D eigenvalue weighted by Crippen LogP contribution is -2.38. The van der Waals surface area contributed by atoms with Gasteiger partial charge in [0.15, 0.2) is 5.78 Å². The Morgan fingerprint density at radius 3 is 2.73 bits per heavy atom. The average molecular weight is 297 g/mol. The summed E-state index contributed by atoms with van der Waals surface area (Å²) >= 11 is 0. The fraction of sp³-hybridized carbons (Fsp3) is 0.353. The molecule has 1 aromatic carbocycles. The van der Waals surface area contributed by atoms with Gasteiger partial charge in [-0.05, 0) is 26.0 Å². The number of carbonyl (C=O) groups is 3. The number of benzene rings is 1. The number of fused-ring (bicyclic) bond motifs is 5. The van der Waals surface area contributed by atoms with Crippen molar-refractivity contribution >= 4 is 23.3 Å². The number of ether oxygens (including phenoxy) is 1. The van der Waals surface area contributed by atoms with Crippen molar-refractivity contribution in [1.82, 2.24) is 0 Å². The first-order valence-corrected chi connectivity index (χ1v) is 7.28. The highest BCUT2D eigenvalue weighted by molar-refractivity contribution is 6.23. The summed E-state index contributed by atoms with van der Waals surface area (Å²) in [4.78, 5) is 38.2. The Bertz CT molecular complexity index is 753. The predicted molar refractivity (Wildman–Crippen MR) is 78.3 cm³/mol. The summed E-state index contributed by atoms with van der Waals surface area (Å²) in [6.45, 7) is 3.30. The van der Waals surface area contributed by atoms with E-state index in [0.717, 1.165) is 0 Å². The standard InChI is InChI=1S/C17H15NO4/c1-9(19)10-4-3-5-11(8-10)18-15(20)13-12-6-7-17(2,22-12)14(13)16(18)21/h3-8,12-14H,1-2H3/t12-,13-,14-,17+/m0/s1. The minimum Gasteiger partial charge on any atom is -0.362 e. The van der Waals surface area contributed by atoms with Gasteiger partial charge in [0.05, 0.1) is 29.2 Å². The second-order valence-electron chi connectivity index (χ2n) is 6.25. The summed E-state index contributed by atoms with van der Waals surface area (Å²) in [7, 11) is 0. The number of imide groups is 1. The van der Waals surface area contributed by atoms with E-state index in [9.17, 15) is 14.4 Å². The van der Waals surface area contributed by atoms with Gasteiger partial charge in [0.1, 0.15) is 0 Å². The normalized spacial score (nSPS) is 35.4. The summed E-state index contributed by atoms with van der Waals surface area (Å²) in [5.74, 6) is -1.52. The van der Waals surface area contributed by atoms with E-state index in [1.165, 1.54) is 11.8 Å². The van der Waals surface area contributed by atoms with Crippen molar-refractivity contribution in [3.8, 4) is 0 Å². The van der Waals surface area contributed by atoms with Gasteiger partial charge in [0.2, 0.25) is 11.8 Å². The third-order valence-corrected chi connectivity index (χ3v) is 4.84. The van der Waals surface area contributed by atoms with E-state index in [2.05, 4.69) is 0 Å². The smallest absolute Gasteiger partial charge is 0.241 e. The molecule has 5 heteroatoms. The number of amides is 2. The van der Waals surface area contributed by atoms with E-state index in [0.29, 0.717) is 11.3 Å². The molecule has 0 aliphatic carbocycles. The molecule has 3 heterocycles. The van der Waals surface area contributed by atoms with Crippen LogP contribution in [0.2, 0.25) is 0 Å². The van der Waals surface area contributed by atoms with E-state index >= 15 is 0 Å². The molecule has 4 rings (SSSR count). The molecule has 0 saturated carbocycles. The number of hydrogen-bond acceptors (Lipinski definition) is 4. The Morgan fingerprint density at radius 1 is 1.27 bits per heavy atom. The summed E-state index contributed by atoms with van der Waals surface area (Å²) in [5.41, 5.74) is 0.244. The number of hydrogen-bond donors (Lipinski definition) is 0. The van der Waals surface area contributed by atoms with Crippen LogP contribution in [0.25, 0.3) is 0 Å². The second kappa shape index (κ2) is 4.14. The maximum absolute atomic E-state index is 12.8. The number of nitrogens with zero attached hydrogens (tertiary/aromatic N) is 1. The average Bonchev–Trinajstić information content (AvgIpc) is 3.08. The molecule has 1 aromatic rings. The van der Waals surface area contributed by atoms with Crippen LogP contribution in [-0.2, 0) is 14.3 Å². The molecule has 4 atom stereocenters. The lowest BCUT2D eigenvalue weighted by Gasteiger charge is -2.24. The van der Waals surface area contributed by atoms with Crippen LogP contribution < -0.4 is 4.90 Å². The monoisotopic (exact) mass is 297 g/mol. The number of carbonyl (C=O) groups excluding carboxylic acids is 3. The zero-order valence-corrected chi connectivity index (χ0v) is 12.3. The van der Waals surface area contributed by atoms with E-state index < -0.39 is 17.4 Å². The number of rotatable bonds is 2. The molecule has 0 unspecified atom stereocenters. The molecule has 0 aromatic heterocycles. The van der Waals surface area contributed by atoms with Crippen molar-refractivity contribution in [2.75, 3.05) is 4.90 Å². The Balaban J connectivity index is 1.77. The topological polar surface area (TPSA) is 63.7 Å². The molecular weight excluding hydrogens is 282 g/mol. The largest absolute Gasteiger partial charge is 0.362 e. The lowest BCUT2D eigenvalue weighted by molar-refractivity contribution is -0.126. The lowest BCUT2D eigenvalue weighted by atomic mass is 9.78. The van der Waals surface area contributed by atoms with Crippen LogP contribution in [0.5, 0.6) is 0 Å². The Hall–Kier alpha value is -2.27. The van der Waals surface area contributed by atoms with E-state index in [1.807, 2.05) is 19.1 Å². The molecule has 2 fully saturated rings. The first-order chi connectivity index (χ1) is 10.4. The van der Waals surface area contributed by atoms with Crippen molar-refractivity contribution < 1.29 is 19.1 Å². The molecule has 0 radical (unpaired) electrons. The van der Waals surface area contributed by atoms with E-state index in [-0.39, 0.29) is 23.7 Å². The molecule has 0 spiro atoms. The van der Waals surface area contributed by atoms with Gasteiger partial charge < -0.3 is 4.74 Å². The summed E-state index contributed by atoms with van der Waals surface area (Å²) in [5, 5.41) is 0. The molecule has 2 bridgehead atoms. The zero-order chi connectivity index (χ0) is 15.6. The van der Waals surface area contributed by atoms with Crippen molar-refractivity contribution in [2.45, 2.75) is 25.6 Å².